The van der Waals surface area contributed by atoms with Gasteiger partial charge in [0, 0.05) is 11.3 Å². The first kappa shape index (κ1) is 12.6. The number of nitrogens with one attached hydrogen (secondary N) is 1. The minimum absolute atomic E-state index is 0.182. The lowest BCUT2D eigenvalue weighted by Gasteiger charge is -2.04. The average Bonchev–Trinajstić information content (AvgIpc) is 3.21. The second-order valence-corrected chi connectivity index (χ2v) is 4.43. The van der Waals surface area contributed by atoms with E-state index in [0.29, 0.717) is 18.1 Å². The highest BCUT2D eigenvalue weighted by atomic mass is 16.5. The molecule has 0 radical (unpaired) electrons. The Morgan fingerprint density at radius 1 is 1.39 bits per heavy atom. The molecule has 0 aromatic heterocycles. The van der Waals surface area contributed by atoms with E-state index in [4.69, 9.17) is 4.74 Å². The van der Waals surface area contributed by atoms with Gasteiger partial charge in [-0.3, -0.25) is 4.79 Å². The first-order chi connectivity index (χ1) is 8.70. The van der Waals surface area contributed by atoms with Gasteiger partial charge in [-0.05, 0) is 56.9 Å². The van der Waals surface area contributed by atoms with Crippen LogP contribution in [0, 0.1) is 5.92 Å². The molecule has 0 unspecified atom stereocenters. The molecule has 1 fully saturated rings. The van der Waals surface area contributed by atoms with Crippen LogP contribution in [0.25, 0.3) is 0 Å². The van der Waals surface area contributed by atoms with E-state index < -0.39 is 0 Å². The molecular weight excluding hydrogens is 228 g/mol. The van der Waals surface area contributed by atoms with Gasteiger partial charge in [0.15, 0.2) is 0 Å². The summed E-state index contributed by atoms with van der Waals surface area (Å²) in [5.41, 5.74) is 4.18. The highest BCUT2D eigenvalue weighted by Gasteiger charge is 2.24. The third kappa shape index (κ3) is 3.32. The molecule has 0 heterocycles. The summed E-state index contributed by atoms with van der Waals surface area (Å²) in [7, 11) is 0. The van der Waals surface area contributed by atoms with E-state index in [9.17, 15) is 4.79 Å². The maximum Gasteiger partial charge on any atom is 0.271 e. The highest BCUT2D eigenvalue weighted by molar-refractivity contribution is 5.95. The lowest BCUT2D eigenvalue weighted by molar-refractivity contribution is 0.0954. The van der Waals surface area contributed by atoms with E-state index in [1.165, 1.54) is 12.8 Å². The van der Waals surface area contributed by atoms with Crippen molar-refractivity contribution in [3.8, 4) is 5.75 Å². The van der Waals surface area contributed by atoms with Crippen LogP contribution in [0.15, 0.2) is 29.4 Å². The number of amides is 1. The van der Waals surface area contributed by atoms with E-state index in [1.807, 2.05) is 13.8 Å². The van der Waals surface area contributed by atoms with Crippen LogP contribution >= 0.6 is 0 Å². The Hall–Kier alpha value is -1.84. The molecular formula is C14H18N2O2. The summed E-state index contributed by atoms with van der Waals surface area (Å²) in [6.45, 7) is 4.50. The van der Waals surface area contributed by atoms with Crippen LogP contribution in [0.1, 0.15) is 37.0 Å². The normalized spacial score (nSPS) is 15.3. The zero-order chi connectivity index (χ0) is 13.0. The van der Waals surface area contributed by atoms with Gasteiger partial charge in [0.05, 0.1) is 6.61 Å². The van der Waals surface area contributed by atoms with Gasteiger partial charge < -0.3 is 4.74 Å². The van der Waals surface area contributed by atoms with Crippen LogP contribution in [0.4, 0.5) is 0 Å². The fraction of sp³-hybridized carbons (Fsp3) is 0.429. The van der Waals surface area contributed by atoms with Gasteiger partial charge in [-0.1, -0.05) is 0 Å². The maximum absolute atomic E-state index is 11.8. The Kier molecular flexibility index (Phi) is 3.97. The second kappa shape index (κ2) is 5.67. The average molecular weight is 246 g/mol. The third-order valence-electron chi connectivity index (χ3n) is 2.93. The van der Waals surface area contributed by atoms with Gasteiger partial charge in [-0.15, -0.1) is 0 Å². The van der Waals surface area contributed by atoms with Crippen molar-refractivity contribution in [2.75, 3.05) is 6.61 Å². The number of benzene rings is 1. The van der Waals surface area contributed by atoms with Crippen LogP contribution in [0.5, 0.6) is 5.75 Å². The third-order valence-corrected chi connectivity index (χ3v) is 2.93. The van der Waals surface area contributed by atoms with Crippen molar-refractivity contribution in [3.05, 3.63) is 29.8 Å². The SMILES string of the molecule is CCOc1ccc(C(=O)N/N=C(\C)C2CC2)cc1. The van der Waals surface area contributed by atoms with E-state index in [1.54, 1.807) is 24.3 Å². The molecule has 1 saturated carbocycles. The molecule has 2 rings (SSSR count). The molecule has 4 nitrogen and oxygen atoms in total. The van der Waals surface area contributed by atoms with Crippen LogP contribution in [-0.2, 0) is 0 Å². The van der Waals surface area contributed by atoms with Crippen molar-refractivity contribution in [1.29, 1.82) is 0 Å². The Bertz CT molecular complexity index is 447. The van der Waals surface area contributed by atoms with Gasteiger partial charge >= 0.3 is 0 Å². The Morgan fingerprint density at radius 2 is 2.06 bits per heavy atom. The van der Waals surface area contributed by atoms with E-state index >= 15 is 0 Å². The molecule has 1 aromatic rings. The standard InChI is InChI=1S/C14H18N2O2/c1-3-18-13-8-6-12(7-9-13)14(17)16-15-10(2)11-4-5-11/h6-9,11H,3-5H2,1-2H3,(H,16,17)/b15-10+. The van der Waals surface area contributed by atoms with Crippen LogP contribution in [0.2, 0.25) is 0 Å². The zero-order valence-electron chi connectivity index (χ0n) is 10.8. The number of rotatable bonds is 5. The van der Waals surface area contributed by atoms with Crippen molar-refractivity contribution < 1.29 is 9.53 Å². The summed E-state index contributed by atoms with van der Waals surface area (Å²) >= 11 is 0. The molecule has 4 heteroatoms. The number of hydrogen-bond donors (Lipinski definition) is 1. The molecule has 1 N–H and O–H groups in total. The summed E-state index contributed by atoms with van der Waals surface area (Å²) in [4.78, 5) is 11.8. The molecule has 1 aliphatic carbocycles. The van der Waals surface area contributed by atoms with Crippen molar-refractivity contribution in [2.45, 2.75) is 26.7 Å². The molecule has 1 aromatic carbocycles. The molecule has 1 amide bonds. The second-order valence-electron chi connectivity index (χ2n) is 4.43. The first-order valence-electron chi connectivity index (χ1n) is 6.28. The van der Waals surface area contributed by atoms with E-state index in [-0.39, 0.29) is 5.91 Å². The Labute approximate surface area is 107 Å². The Balaban J connectivity index is 1.93. The van der Waals surface area contributed by atoms with Gasteiger partial charge in [-0.25, -0.2) is 5.43 Å². The first-order valence-corrected chi connectivity index (χ1v) is 6.28. The van der Waals surface area contributed by atoms with Gasteiger partial charge in [0.2, 0.25) is 0 Å². The topological polar surface area (TPSA) is 50.7 Å². The monoisotopic (exact) mass is 246 g/mol. The zero-order valence-corrected chi connectivity index (χ0v) is 10.8. The van der Waals surface area contributed by atoms with Crippen molar-refractivity contribution >= 4 is 11.6 Å². The molecule has 1 aliphatic rings. The molecule has 0 spiro atoms. The minimum Gasteiger partial charge on any atom is -0.494 e. The van der Waals surface area contributed by atoms with Gasteiger partial charge in [0.25, 0.3) is 5.91 Å². The molecule has 0 atom stereocenters. The number of ether oxygens (including phenoxy) is 1. The quantitative estimate of drug-likeness (QED) is 0.641. The lowest BCUT2D eigenvalue weighted by Crippen LogP contribution is -2.19. The summed E-state index contributed by atoms with van der Waals surface area (Å²) in [5.74, 6) is 1.16. The number of hydrazone groups is 1. The highest BCUT2D eigenvalue weighted by Crippen LogP contribution is 2.30. The van der Waals surface area contributed by atoms with Crippen LogP contribution < -0.4 is 10.2 Å². The van der Waals surface area contributed by atoms with Crippen LogP contribution in [0.3, 0.4) is 0 Å². The van der Waals surface area contributed by atoms with Crippen molar-refractivity contribution in [2.24, 2.45) is 11.0 Å². The summed E-state index contributed by atoms with van der Waals surface area (Å²) in [6.07, 6.45) is 2.38. The lowest BCUT2D eigenvalue weighted by atomic mass is 10.2. The van der Waals surface area contributed by atoms with Crippen molar-refractivity contribution in [3.63, 3.8) is 0 Å². The maximum atomic E-state index is 11.8. The number of carbonyl (C=O) groups excluding carboxylic acids is 1. The number of nitrogens with zero attached hydrogens (tertiary/aromatic N) is 1. The molecule has 0 aliphatic heterocycles. The van der Waals surface area contributed by atoms with Crippen LogP contribution in [-0.4, -0.2) is 18.2 Å². The number of hydrogen-bond acceptors (Lipinski definition) is 3. The largest absolute Gasteiger partial charge is 0.494 e. The summed E-state index contributed by atoms with van der Waals surface area (Å²) < 4.78 is 5.32. The Morgan fingerprint density at radius 3 is 2.61 bits per heavy atom. The summed E-state index contributed by atoms with van der Waals surface area (Å²) in [5, 5.41) is 4.11. The van der Waals surface area contributed by atoms with E-state index in [2.05, 4.69) is 10.5 Å². The smallest absolute Gasteiger partial charge is 0.271 e. The summed E-state index contributed by atoms with van der Waals surface area (Å²) in [6, 6.07) is 7.05. The molecule has 96 valence electrons. The molecule has 18 heavy (non-hydrogen) atoms. The fourth-order valence-electron chi connectivity index (χ4n) is 1.67. The predicted molar refractivity (Wildman–Crippen MR) is 70.9 cm³/mol. The van der Waals surface area contributed by atoms with Gasteiger partial charge in [0.1, 0.15) is 5.75 Å². The number of carbonyl (C=O) groups is 1. The van der Waals surface area contributed by atoms with E-state index in [0.717, 1.165) is 11.5 Å². The fourth-order valence-corrected chi connectivity index (χ4v) is 1.67. The molecule has 0 saturated heterocycles. The minimum atomic E-state index is -0.182. The molecule has 0 bridgehead atoms. The van der Waals surface area contributed by atoms with Gasteiger partial charge in [-0.2, -0.15) is 5.10 Å². The van der Waals surface area contributed by atoms with Crippen molar-refractivity contribution in [1.82, 2.24) is 5.43 Å². The predicted octanol–water partition coefficient (Wildman–Crippen LogP) is 2.60.